The van der Waals surface area contributed by atoms with Crippen LogP contribution in [0, 0.1) is 11.7 Å². The van der Waals surface area contributed by atoms with Crippen molar-refractivity contribution in [2.45, 2.75) is 25.4 Å². The summed E-state index contributed by atoms with van der Waals surface area (Å²) in [4.78, 5) is 11.2. The van der Waals surface area contributed by atoms with Gasteiger partial charge in [0.25, 0.3) is 0 Å². The topological polar surface area (TPSA) is 78.0 Å². The number of hydrogen-bond acceptors (Lipinski definition) is 3. The second-order valence-electron chi connectivity index (χ2n) is 5.31. The van der Waals surface area contributed by atoms with Gasteiger partial charge in [0.2, 0.25) is 0 Å². The summed E-state index contributed by atoms with van der Waals surface area (Å²) < 4.78 is 13.0. The fourth-order valence-corrected chi connectivity index (χ4v) is 2.42. The Morgan fingerprint density at radius 1 is 1.43 bits per heavy atom. The van der Waals surface area contributed by atoms with Crippen LogP contribution in [-0.2, 0) is 11.3 Å². The number of aliphatic carboxylic acids is 1. The van der Waals surface area contributed by atoms with E-state index in [1.54, 1.807) is 18.3 Å². The van der Waals surface area contributed by atoms with Crippen molar-refractivity contribution >= 4 is 5.97 Å². The first-order valence-electron chi connectivity index (χ1n) is 6.89. The van der Waals surface area contributed by atoms with Gasteiger partial charge in [-0.05, 0) is 43.0 Å². The van der Waals surface area contributed by atoms with Crippen molar-refractivity contribution in [3.8, 4) is 11.3 Å². The molecule has 1 aromatic heterocycles. The number of carboxylic acids is 1. The van der Waals surface area contributed by atoms with Gasteiger partial charge >= 0.3 is 5.97 Å². The number of aromatic amines is 1. The number of benzene rings is 1. The van der Waals surface area contributed by atoms with Crippen molar-refractivity contribution in [2.24, 2.45) is 5.92 Å². The number of aromatic nitrogens is 2. The molecular weight excluding hydrogens is 273 g/mol. The van der Waals surface area contributed by atoms with Crippen LogP contribution in [-0.4, -0.2) is 27.3 Å². The summed E-state index contributed by atoms with van der Waals surface area (Å²) in [6, 6.07) is 5.60. The number of carbonyl (C=O) groups is 1. The van der Waals surface area contributed by atoms with Crippen molar-refractivity contribution in [3.63, 3.8) is 0 Å². The summed E-state index contributed by atoms with van der Waals surface area (Å²) >= 11 is 0. The smallest absolute Gasteiger partial charge is 0.320 e. The van der Waals surface area contributed by atoms with Gasteiger partial charge in [-0.1, -0.05) is 0 Å². The Hall–Kier alpha value is -2.21. The van der Waals surface area contributed by atoms with Gasteiger partial charge in [-0.3, -0.25) is 15.2 Å². The minimum absolute atomic E-state index is 0.226. The lowest BCUT2D eigenvalue weighted by Gasteiger charge is -2.13. The molecule has 0 spiro atoms. The third kappa shape index (κ3) is 3.11. The fourth-order valence-electron chi connectivity index (χ4n) is 2.42. The van der Waals surface area contributed by atoms with Gasteiger partial charge in [-0.2, -0.15) is 5.10 Å². The number of nitrogens with zero attached hydrogens (tertiary/aromatic N) is 1. The zero-order valence-corrected chi connectivity index (χ0v) is 11.3. The van der Waals surface area contributed by atoms with Crippen LogP contribution in [0.3, 0.4) is 0 Å². The first-order chi connectivity index (χ1) is 10.1. The highest BCUT2D eigenvalue weighted by atomic mass is 19.1. The maximum atomic E-state index is 13.0. The van der Waals surface area contributed by atoms with Crippen LogP contribution < -0.4 is 5.32 Å². The Bertz CT molecular complexity index is 635. The van der Waals surface area contributed by atoms with E-state index in [0.717, 1.165) is 29.7 Å². The summed E-state index contributed by atoms with van der Waals surface area (Å²) in [6.07, 6.45) is 3.58. The summed E-state index contributed by atoms with van der Waals surface area (Å²) in [5, 5.41) is 19.2. The van der Waals surface area contributed by atoms with E-state index in [-0.39, 0.29) is 11.7 Å². The Morgan fingerprint density at radius 3 is 2.76 bits per heavy atom. The predicted molar refractivity (Wildman–Crippen MR) is 75.0 cm³/mol. The SMILES string of the molecule is O=C(O)C(NCc1cn[nH]c1-c1ccc(F)cc1)C1CC1. The molecule has 0 radical (unpaired) electrons. The van der Waals surface area contributed by atoms with Crippen molar-refractivity contribution in [1.29, 1.82) is 0 Å². The highest BCUT2D eigenvalue weighted by molar-refractivity contribution is 5.74. The van der Waals surface area contributed by atoms with E-state index in [0.29, 0.717) is 6.54 Å². The van der Waals surface area contributed by atoms with Crippen molar-refractivity contribution in [1.82, 2.24) is 15.5 Å². The summed E-state index contributed by atoms with van der Waals surface area (Å²) in [7, 11) is 0. The van der Waals surface area contributed by atoms with Crippen LogP contribution in [0.2, 0.25) is 0 Å². The first kappa shape index (κ1) is 13.8. The Balaban J connectivity index is 1.73. The normalized spacial score (nSPS) is 15.9. The summed E-state index contributed by atoms with van der Waals surface area (Å²) in [5.74, 6) is -0.884. The molecule has 1 atom stereocenters. The first-order valence-corrected chi connectivity index (χ1v) is 6.89. The second kappa shape index (κ2) is 5.65. The van der Waals surface area contributed by atoms with E-state index in [1.807, 2.05) is 0 Å². The molecule has 2 aromatic rings. The number of hydrogen-bond donors (Lipinski definition) is 3. The average Bonchev–Trinajstić information content (AvgIpc) is 3.18. The molecular formula is C15H16FN3O2. The maximum absolute atomic E-state index is 13.0. The largest absolute Gasteiger partial charge is 0.480 e. The molecule has 0 saturated heterocycles. The third-order valence-electron chi connectivity index (χ3n) is 3.72. The lowest BCUT2D eigenvalue weighted by Crippen LogP contribution is -2.38. The number of carboxylic acid groups (broad SMARTS) is 1. The fraction of sp³-hybridized carbons (Fsp3) is 0.333. The molecule has 0 amide bonds. The van der Waals surface area contributed by atoms with Crippen molar-refractivity contribution < 1.29 is 14.3 Å². The number of rotatable bonds is 6. The van der Waals surface area contributed by atoms with E-state index >= 15 is 0 Å². The molecule has 6 heteroatoms. The van der Waals surface area contributed by atoms with E-state index in [9.17, 15) is 14.3 Å². The maximum Gasteiger partial charge on any atom is 0.320 e. The third-order valence-corrected chi connectivity index (χ3v) is 3.72. The lowest BCUT2D eigenvalue weighted by atomic mass is 10.1. The molecule has 21 heavy (non-hydrogen) atoms. The molecule has 1 aliphatic rings. The lowest BCUT2D eigenvalue weighted by molar-refractivity contribution is -0.140. The van der Waals surface area contributed by atoms with Gasteiger partial charge in [0.15, 0.2) is 0 Å². The van der Waals surface area contributed by atoms with Gasteiger partial charge in [0.1, 0.15) is 11.9 Å². The van der Waals surface area contributed by atoms with Crippen LogP contribution in [0.4, 0.5) is 4.39 Å². The quantitative estimate of drug-likeness (QED) is 0.761. The van der Waals surface area contributed by atoms with Gasteiger partial charge in [0.05, 0.1) is 11.9 Å². The molecule has 1 aromatic carbocycles. The van der Waals surface area contributed by atoms with Crippen LogP contribution in [0.15, 0.2) is 30.5 Å². The number of H-pyrrole nitrogens is 1. The van der Waals surface area contributed by atoms with Gasteiger partial charge in [0, 0.05) is 17.7 Å². The molecule has 1 fully saturated rings. The molecule has 0 aliphatic heterocycles. The minimum Gasteiger partial charge on any atom is -0.480 e. The van der Waals surface area contributed by atoms with Gasteiger partial charge < -0.3 is 5.11 Å². The van der Waals surface area contributed by atoms with E-state index in [1.165, 1.54) is 12.1 Å². The predicted octanol–water partition coefficient (Wildman–Crippen LogP) is 2.17. The van der Waals surface area contributed by atoms with Crippen LogP contribution in [0.1, 0.15) is 18.4 Å². The van der Waals surface area contributed by atoms with Crippen LogP contribution >= 0.6 is 0 Å². The molecule has 3 rings (SSSR count). The molecule has 3 N–H and O–H groups in total. The Kier molecular flexibility index (Phi) is 3.70. The highest BCUT2D eigenvalue weighted by Gasteiger charge is 2.35. The minimum atomic E-state index is -0.815. The zero-order valence-electron chi connectivity index (χ0n) is 11.3. The van der Waals surface area contributed by atoms with Gasteiger partial charge in [-0.25, -0.2) is 4.39 Å². The number of halogens is 1. The van der Waals surface area contributed by atoms with Crippen LogP contribution in [0.5, 0.6) is 0 Å². The van der Waals surface area contributed by atoms with Gasteiger partial charge in [-0.15, -0.1) is 0 Å². The second-order valence-corrected chi connectivity index (χ2v) is 5.31. The zero-order chi connectivity index (χ0) is 14.8. The van der Waals surface area contributed by atoms with E-state index in [4.69, 9.17) is 0 Å². The average molecular weight is 289 g/mol. The monoisotopic (exact) mass is 289 g/mol. The molecule has 0 bridgehead atoms. The highest BCUT2D eigenvalue weighted by Crippen LogP contribution is 2.33. The number of nitrogens with one attached hydrogen (secondary N) is 2. The Labute approximate surface area is 121 Å². The molecule has 1 unspecified atom stereocenters. The molecule has 1 heterocycles. The van der Waals surface area contributed by atoms with Crippen molar-refractivity contribution in [2.75, 3.05) is 0 Å². The summed E-state index contributed by atoms with van der Waals surface area (Å²) in [6.45, 7) is 0.413. The molecule has 1 aliphatic carbocycles. The van der Waals surface area contributed by atoms with Crippen LogP contribution in [0.25, 0.3) is 11.3 Å². The Morgan fingerprint density at radius 2 is 2.14 bits per heavy atom. The molecule has 110 valence electrons. The van der Waals surface area contributed by atoms with Crippen molar-refractivity contribution in [3.05, 3.63) is 41.8 Å². The van der Waals surface area contributed by atoms with E-state index in [2.05, 4.69) is 15.5 Å². The molecule has 5 nitrogen and oxygen atoms in total. The summed E-state index contributed by atoms with van der Waals surface area (Å²) in [5.41, 5.74) is 2.47. The van der Waals surface area contributed by atoms with E-state index < -0.39 is 12.0 Å². The molecule has 1 saturated carbocycles. The standard InChI is InChI=1S/C15H16FN3O2/c16-12-5-3-9(4-6-12)13-11(8-18-19-13)7-17-14(15(20)21)10-1-2-10/h3-6,8,10,14,17H,1-2,7H2,(H,18,19)(H,20,21).